The molecule has 0 saturated heterocycles. The van der Waals surface area contributed by atoms with Gasteiger partial charge in [0.25, 0.3) is 0 Å². The van der Waals surface area contributed by atoms with Crippen molar-refractivity contribution in [3.05, 3.63) is 0 Å². The first-order valence-electron chi connectivity index (χ1n) is 14.2. The van der Waals surface area contributed by atoms with Gasteiger partial charge in [-0.1, -0.05) is 40.5 Å². The van der Waals surface area contributed by atoms with Crippen LogP contribution in [0.1, 0.15) is 124 Å². The maximum Gasteiger partial charge on any atom is 0.0104 e. The SMILES string of the molecule is CC1CCC(N(C2CCC(C)CC2)C2CCC3C4CCCCC4C(C)(C)C3C2)CC1. The highest BCUT2D eigenvalue weighted by Crippen LogP contribution is 2.63. The molecule has 5 aliphatic carbocycles. The molecule has 5 unspecified atom stereocenters. The highest BCUT2D eigenvalue weighted by Gasteiger charge is 2.57. The Labute approximate surface area is 188 Å². The molecule has 5 saturated carbocycles. The smallest absolute Gasteiger partial charge is 0.0104 e. The number of nitrogens with zero attached hydrogens (tertiary/aromatic N) is 1. The van der Waals surface area contributed by atoms with Crippen LogP contribution in [-0.4, -0.2) is 23.0 Å². The summed E-state index contributed by atoms with van der Waals surface area (Å²) in [5.41, 5.74) is 0.599. The lowest BCUT2D eigenvalue weighted by molar-refractivity contribution is -0.0180. The van der Waals surface area contributed by atoms with Crippen molar-refractivity contribution in [2.45, 2.75) is 142 Å². The summed E-state index contributed by atoms with van der Waals surface area (Å²) in [4.78, 5) is 3.21. The van der Waals surface area contributed by atoms with Crippen molar-refractivity contribution in [2.75, 3.05) is 0 Å². The monoisotopic (exact) mass is 413 g/mol. The van der Waals surface area contributed by atoms with Crippen LogP contribution in [0.3, 0.4) is 0 Å². The van der Waals surface area contributed by atoms with E-state index in [4.69, 9.17) is 0 Å². The fraction of sp³-hybridized carbons (Fsp3) is 1.00. The first kappa shape index (κ1) is 21.8. The lowest BCUT2D eigenvalue weighted by Gasteiger charge is -2.51. The molecule has 0 spiro atoms. The number of hydrogen-bond acceptors (Lipinski definition) is 1. The first-order valence-corrected chi connectivity index (χ1v) is 14.2. The fourth-order valence-electron chi connectivity index (χ4n) is 9.66. The largest absolute Gasteiger partial charge is 0.294 e. The number of fused-ring (bicyclic) bond motifs is 3. The Morgan fingerprint density at radius 3 is 1.63 bits per heavy atom. The van der Waals surface area contributed by atoms with Gasteiger partial charge in [0.1, 0.15) is 0 Å². The second-order valence-corrected chi connectivity index (χ2v) is 13.4. The Morgan fingerprint density at radius 2 is 1.03 bits per heavy atom. The zero-order valence-electron chi connectivity index (χ0n) is 20.7. The topological polar surface area (TPSA) is 3.24 Å². The predicted molar refractivity (Wildman–Crippen MR) is 129 cm³/mol. The van der Waals surface area contributed by atoms with Gasteiger partial charge in [0.2, 0.25) is 0 Å². The summed E-state index contributed by atoms with van der Waals surface area (Å²) in [6, 6.07) is 2.73. The van der Waals surface area contributed by atoms with Gasteiger partial charge in [-0.05, 0) is 124 Å². The third-order valence-electron chi connectivity index (χ3n) is 11.4. The molecule has 0 amide bonds. The Kier molecular flexibility index (Phi) is 6.33. The molecule has 5 rings (SSSR count). The number of hydrogen-bond donors (Lipinski definition) is 0. The molecular formula is C29H51N. The van der Waals surface area contributed by atoms with Gasteiger partial charge < -0.3 is 0 Å². The lowest BCUT2D eigenvalue weighted by Crippen LogP contribution is -2.54. The van der Waals surface area contributed by atoms with Crippen LogP contribution in [0.15, 0.2) is 0 Å². The van der Waals surface area contributed by atoms with Gasteiger partial charge in [0.05, 0.1) is 0 Å². The minimum Gasteiger partial charge on any atom is -0.294 e. The molecule has 0 radical (unpaired) electrons. The van der Waals surface area contributed by atoms with E-state index in [1.165, 1.54) is 70.6 Å². The van der Waals surface area contributed by atoms with Gasteiger partial charge in [-0.15, -0.1) is 0 Å². The van der Waals surface area contributed by atoms with Crippen molar-refractivity contribution < 1.29 is 0 Å². The zero-order chi connectivity index (χ0) is 20.9. The Bertz CT molecular complexity index is 543. The zero-order valence-corrected chi connectivity index (χ0v) is 20.7. The van der Waals surface area contributed by atoms with Crippen LogP contribution in [0.4, 0.5) is 0 Å². The van der Waals surface area contributed by atoms with Crippen molar-refractivity contribution in [3.8, 4) is 0 Å². The van der Waals surface area contributed by atoms with Crippen molar-refractivity contribution >= 4 is 0 Å². The molecule has 0 aromatic carbocycles. The highest BCUT2D eigenvalue weighted by molar-refractivity contribution is 5.07. The molecule has 5 aliphatic rings. The first-order chi connectivity index (χ1) is 14.4. The summed E-state index contributed by atoms with van der Waals surface area (Å²) in [5.74, 6) is 6.15. The second-order valence-electron chi connectivity index (χ2n) is 13.4. The average Bonchev–Trinajstić information content (AvgIpc) is 2.98. The average molecular weight is 414 g/mol. The summed E-state index contributed by atoms with van der Waals surface area (Å²) in [6.45, 7) is 10.4. The molecule has 5 fully saturated rings. The minimum absolute atomic E-state index is 0.599. The molecule has 5 atom stereocenters. The maximum absolute atomic E-state index is 3.21. The Balaban J connectivity index is 1.35. The molecule has 0 aliphatic heterocycles. The molecule has 0 heterocycles. The van der Waals surface area contributed by atoms with E-state index in [0.717, 1.165) is 53.6 Å². The molecule has 0 aromatic rings. The van der Waals surface area contributed by atoms with E-state index < -0.39 is 0 Å². The molecule has 1 nitrogen and oxygen atoms in total. The quantitative estimate of drug-likeness (QED) is 0.452. The van der Waals surface area contributed by atoms with E-state index in [-0.39, 0.29) is 0 Å². The fourth-order valence-corrected chi connectivity index (χ4v) is 9.66. The molecule has 172 valence electrons. The Morgan fingerprint density at radius 1 is 0.533 bits per heavy atom. The second kappa shape index (κ2) is 8.72. The molecule has 30 heavy (non-hydrogen) atoms. The Hall–Kier alpha value is -0.0400. The van der Waals surface area contributed by atoms with Crippen molar-refractivity contribution in [2.24, 2.45) is 40.9 Å². The van der Waals surface area contributed by atoms with Gasteiger partial charge in [0.15, 0.2) is 0 Å². The number of rotatable bonds is 3. The summed E-state index contributed by atoms with van der Waals surface area (Å²) in [5, 5.41) is 0. The lowest BCUT2D eigenvalue weighted by atomic mass is 9.66. The van der Waals surface area contributed by atoms with Crippen LogP contribution in [0, 0.1) is 40.9 Å². The van der Waals surface area contributed by atoms with Crippen LogP contribution in [-0.2, 0) is 0 Å². The molecule has 0 bridgehead atoms. The normalized spacial score (nSPS) is 48.9. The van der Waals surface area contributed by atoms with Gasteiger partial charge in [-0.25, -0.2) is 0 Å². The van der Waals surface area contributed by atoms with Crippen molar-refractivity contribution in [1.29, 1.82) is 0 Å². The molecule has 0 aromatic heterocycles. The van der Waals surface area contributed by atoms with Crippen LogP contribution in [0.5, 0.6) is 0 Å². The van der Waals surface area contributed by atoms with Gasteiger partial charge in [-0.3, -0.25) is 4.90 Å². The molecule has 1 heteroatoms. The third-order valence-corrected chi connectivity index (χ3v) is 11.4. The van der Waals surface area contributed by atoms with E-state index in [9.17, 15) is 0 Å². The van der Waals surface area contributed by atoms with Gasteiger partial charge >= 0.3 is 0 Å². The minimum atomic E-state index is 0.599. The van der Waals surface area contributed by atoms with Gasteiger partial charge in [-0.2, -0.15) is 0 Å². The molecule has 0 N–H and O–H groups in total. The van der Waals surface area contributed by atoms with Crippen LogP contribution in [0.25, 0.3) is 0 Å². The van der Waals surface area contributed by atoms with Crippen LogP contribution >= 0.6 is 0 Å². The maximum atomic E-state index is 3.21. The third kappa shape index (κ3) is 3.92. The molecular weight excluding hydrogens is 362 g/mol. The van der Waals surface area contributed by atoms with Crippen LogP contribution in [0.2, 0.25) is 0 Å². The standard InChI is InChI=1S/C29H51N/c1-20-9-13-22(14-10-20)30(23-15-11-21(2)12-16-23)24-17-18-26-25-7-5-6-8-27(25)29(3,4)28(26)19-24/h20-28H,5-19H2,1-4H3. The summed E-state index contributed by atoms with van der Waals surface area (Å²) >= 11 is 0. The van der Waals surface area contributed by atoms with Gasteiger partial charge in [0, 0.05) is 18.1 Å². The summed E-state index contributed by atoms with van der Waals surface area (Å²) in [6.07, 6.45) is 22.7. The van der Waals surface area contributed by atoms with E-state index in [2.05, 4.69) is 32.6 Å². The van der Waals surface area contributed by atoms with Crippen LogP contribution < -0.4 is 0 Å². The van der Waals surface area contributed by atoms with Crippen molar-refractivity contribution in [3.63, 3.8) is 0 Å². The predicted octanol–water partition coefficient (Wildman–Crippen LogP) is 8.08. The van der Waals surface area contributed by atoms with E-state index in [0.29, 0.717) is 5.41 Å². The van der Waals surface area contributed by atoms with E-state index in [1.807, 2.05) is 0 Å². The summed E-state index contributed by atoms with van der Waals surface area (Å²) < 4.78 is 0. The van der Waals surface area contributed by atoms with E-state index >= 15 is 0 Å². The summed E-state index contributed by atoms with van der Waals surface area (Å²) in [7, 11) is 0. The van der Waals surface area contributed by atoms with Crippen molar-refractivity contribution in [1.82, 2.24) is 4.90 Å². The van der Waals surface area contributed by atoms with E-state index in [1.54, 1.807) is 25.7 Å². The highest BCUT2D eigenvalue weighted by atomic mass is 15.2.